The number of hydrogen-bond donors (Lipinski definition) is 1. The molecule has 0 radical (unpaired) electrons. The molecule has 1 aromatic heterocycles. The molecule has 0 amide bonds. The Labute approximate surface area is 249 Å². The van der Waals surface area contributed by atoms with Gasteiger partial charge in [-0.1, -0.05) is 74.9 Å². The number of nitrogens with one attached hydrogen (secondary N) is 1. The Bertz CT molecular complexity index is 1560. The summed E-state index contributed by atoms with van der Waals surface area (Å²) in [7, 11) is -3.94. The van der Waals surface area contributed by atoms with E-state index in [1.54, 1.807) is 12.1 Å². The lowest BCUT2D eigenvalue weighted by Crippen LogP contribution is -2.17. The molecular formula is C33H39N3O5S. The fourth-order valence-corrected chi connectivity index (χ4v) is 5.36. The highest BCUT2D eigenvalue weighted by Gasteiger charge is 2.22. The highest BCUT2D eigenvalue weighted by atomic mass is 32.2. The lowest BCUT2D eigenvalue weighted by atomic mass is 9.87. The van der Waals surface area contributed by atoms with Crippen LogP contribution in [-0.2, 0) is 20.2 Å². The number of benzene rings is 3. The predicted octanol–water partition coefficient (Wildman–Crippen LogP) is 7.11. The fraction of sp³-hybridized carbons (Fsp3) is 0.333. The van der Waals surface area contributed by atoms with E-state index in [0.717, 1.165) is 22.3 Å². The number of rotatable bonds is 12. The van der Waals surface area contributed by atoms with Gasteiger partial charge in [0, 0.05) is 6.61 Å². The molecule has 0 bridgehead atoms. The van der Waals surface area contributed by atoms with Crippen LogP contribution in [0.5, 0.6) is 11.6 Å². The van der Waals surface area contributed by atoms with Crippen LogP contribution in [0, 0.1) is 6.92 Å². The fourth-order valence-electron chi connectivity index (χ4n) is 4.34. The molecule has 42 heavy (non-hydrogen) atoms. The minimum absolute atomic E-state index is 0.0137. The molecule has 0 saturated heterocycles. The van der Waals surface area contributed by atoms with Gasteiger partial charge in [0.05, 0.1) is 16.6 Å². The maximum atomic E-state index is 13.4. The number of aromatic nitrogens is 2. The van der Waals surface area contributed by atoms with E-state index >= 15 is 0 Å². The second-order valence-corrected chi connectivity index (χ2v) is 12.7. The van der Waals surface area contributed by atoms with Crippen molar-refractivity contribution in [3.63, 3.8) is 0 Å². The van der Waals surface area contributed by atoms with E-state index in [1.165, 1.54) is 6.33 Å². The van der Waals surface area contributed by atoms with Gasteiger partial charge in [-0.25, -0.2) is 18.4 Å². The van der Waals surface area contributed by atoms with Crippen molar-refractivity contribution in [2.24, 2.45) is 0 Å². The second-order valence-electron chi connectivity index (χ2n) is 11.0. The SMILES string of the molecule is CCOC(C)c1ccc(OCCOc2ncnc(NS(=O)(=O)c3ccc(C(C)(C)C)cc3)c2-c2ccc(C)cc2)cc1. The van der Waals surface area contributed by atoms with Crippen LogP contribution >= 0.6 is 0 Å². The molecule has 9 heteroatoms. The first-order valence-electron chi connectivity index (χ1n) is 14.0. The average Bonchev–Trinajstić information content (AvgIpc) is 2.96. The number of aryl methyl sites for hydroxylation is 1. The molecule has 4 aromatic rings. The van der Waals surface area contributed by atoms with Crippen LogP contribution in [0.4, 0.5) is 5.82 Å². The smallest absolute Gasteiger partial charge is 0.263 e. The Hall–Kier alpha value is -3.95. The number of nitrogens with zero attached hydrogens (tertiary/aromatic N) is 2. The first-order valence-corrected chi connectivity index (χ1v) is 15.5. The Balaban J connectivity index is 1.53. The van der Waals surface area contributed by atoms with Gasteiger partial charge in [-0.2, -0.15) is 0 Å². The molecule has 1 N–H and O–H groups in total. The Morgan fingerprint density at radius 2 is 1.50 bits per heavy atom. The second kappa shape index (κ2) is 13.4. The first kappa shape index (κ1) is 31.0. The highest BCUT2D eigenvalue weighted by Crippen LogP contribution is 2.35. The molecule has 222 valence electrons. The first-order chi connectivity index (χ1) is 20.0. The summed E-state index contributed by atoms with van der Waals surface area (Å²) in [5.41, 5.74) is 4.25. The van der Waals surface area contributed by atoms with E-state index in [0.29, 0.717) is 17.9 Å². The van der Waals surface area contributed by atoms with Crippen LogP contribution in [0.3, 0.4) is 0 Å². The van der Waals surface area contributed by atoms with Crippen molar-refractivity contribution in [1.29, 1.82) is 0 Å². The van der Waals surface area contributed by atoms with Crippen LogP contribution in [0.2, 0.25) is 0 Å². The number of hydrogen-bond acceptors (Lipinski definition) is 7. The van der Waals surface area contributed by atoms with Gasteiger partial charge in [0.25, 0.3) is 10.0 Å². The van der Waals surface area contributed by atoms with Crippen LogP contribution in [-0.4, -0.2) is 38.2 Å². The summed E-state index contributed by atoms with van der Waals surface area (Å²) in [6.07, 6.45) is 1.30. The third-order valence-electron chi connectivity index (χ3n) is 6.77. The number of sulfonamides is 1. The number of anilines is 1. The monoisotopic (exact) mass is 589 g/mol. The molecule has 0 saturated carbocycles. The van der Waals surface area contributed by atoms with E-state index in [1.807, 2.05) is 81.4 Å². The zero-order valence-electron chi connectivity index (χ0n) is 25.0. The topological polar surface area (TPSA) is 99.6 Å². The van der Waals surface area contributed by atoms with Crippen LogP contribution in [0.25, 0.3) is 11.1 Å². The molecule has 4 rings (SSSR count). The van der Waals surface area contributed by atoms with Crippen molar-refractivity contribution in [3.8, 4) is 22.8 Å². The van der Waals surface area contributed by atoms with Gasteiger partial charge < -0.3 is 14.2 Å². The minimum Gasteiger partial charge on any atom is -0.490 e. The third-order valence-corrected chi connectivity index (χ3v) is 8.13. The van der Waals surface area contributed by atoms with Crippen LogP contribution in [0.15, 0.2) is 84.0 Å². The van der Waals surface area contributed by atoms with E-state index in [9.17, 15) is 8.42 Å². The summed E-state index contributed by atoms with van der Waals surface area (Å²) >= 11 is 0. The summed E-state index contributed by atoms with van der Waals surface area (Å²) in [6, 6.07) is 22.3. The van der Waals surface area contributed by atoms with E-state index in [4.69, 9.17) is 14.2 Å². The Morgan fingerprint density at radius 1 is 0.857 bits per heavy atom. The largest absolute Gasteiger partial charge is 0.490 e. The van der Waals surface area contributed by atoms with Gasteiger partial charge >= 0.3 is 0 Å². The molecule has 1 heterocycles. The zero-order valence-corrected chi connectivity index (χ0v) is 25.9. The molecule has 0 aliphatic rings. The highest BCUT2D eigenvalue weighted by molar-refractivity contribution is 7.92. The molecule has 0 aliphatic heterocycles. The molecular weight excluding hydrogens is 550 g/mol. The normalized spacial score (nSPS) is 12.5. The van der Waals surface area contributed by atoms with Crippen molar-refractivity contribution in [3.05, 3.63) is 95.8 Å². The summed E-state index contributed by atoms with van der Waals surface area (Å²) in [4.78, 5) is 8.77. The Morgan fingerprint density at radius 3 is 2.12 bits per heavy atom. The molecule has 0 aliphatic carbocycles. The van der Waals surface area contributed by atoms with Crippen LogP contribution in [0.1, 0.15) is 57.4 Å². The van der Waals surface area contributed by atoms with Gasteiger partial charge in [-0.15, -0.1) is 0 Å². The predicted molar refractivity (Wildman–Crippen MR) is 166 cm³/mol. The zero-order chi connectivity index (χ0) is 30.3. The Kier molecular flexibility index (Phi) is 9.85. The lowest BCUT2D eigenvalue weighted by Gasteiger charge is -2.19. The molecule has 3 aromatic carbocycles. The van der Waals surface area contributed by atoms with Gasteiger partial charge in [0.1, 0.15) is 25.3 Å². The minimum atomic E-state index is -3.94. The molecule has 0 spiro atoms. The van der Waals surface area contributed by atoms with Crippen LogP contribution < -0.4 is 14.2 Å². The van der Waals surface area contributed by atoms with E-state index in [2.05, 4.69) is 35.5 Å². The average molecular weight is 590 g/mol. The molecule has 1 atom stereocenters. The number of ether oxygens (including phenoxy) is 3. The van der Waals surface area contributed by atoms with Crippen molar-refractivity contribution >= 4 is 15.8 Å². The maximum Gasteiger partial charge on any atom is 0.263 e. The lowest BCUT2D eigenvalue weighted by molar-refractivity contribution is 0.0763. The van der Waals surface area contributed by atoms with Gasteiger partial charge in [-0.05, 0) is 67.1 Å². The maximum absolute atomic E-state index is 13.4. The third kappa shape index (κ3) is 7.86. The van der Waals surface area contributed by atoms with E-state index < -0.39 is 10.0 Å². The summed E-state index contributed by atoms with van der Waals surface area (Å²) in [6.45, 7) is 13.3. The van der Waals surface area contributed by atoms with Gasteiger partial charge in [0.2, 0.25) is 5.88 Å². The standard InChI is InChI=1S/C33H39N3O5S/c1-7-39-24(3)25-12-16-28(17-13-25)40-20-21-41-32-30(26-10-8-23(2)9-11-26)31(34-22-35-32)36-42(37,38)29-18-14-27(15-19-29)33(4,5)6/h8-19,22,24H,7,20-21H2,1-6H3,(H,34,35,36). The van der Waals surface area contributed by atoms with Gasteiger partial charge in [-0.3, -0.25) is 4.72 Å². The molecule has 0 fully saturated rings. The van der Waals surface area contributed by atoms with Crippen molar-refractivity contribution in [2.75, 3.05) is 24.5 Å². The summed E-state index contributed by atoms with van der Waals surface area (Å²) in [5.74, 6) is 1.08. The van der Waals surface area contributed by atoms with Crippen molar-refractivity contribution in [1.82, 2.24) is 9.97 Å². The van der Waals surface area contributed by atoms with E-state index in [-0.39, 0.29) is 41.3 Å². The quantitative estimate of drug-likeness (QED) is 0.176. The van der Waals surface area contributed by atoms with Gasteiger partial charge in [0.15, 0.2) is 5.82 Å². The summed E-state index contributed by atoms with van der Waals surface area (Å²) in [5, 5.41) is 0. The molecule has 1 unspecified atom stereocenters. The van der Waals surface area contributed by atoms with Crippen molar-refractivity contribution in [2.45, 2.75) is 58.0 Å². The molecule has 8 nitrogen and oxygen atoms in total. The van der Waals surface area contributed by atoms with Crippen molar-refractivity contribution < 1.29 is 22.6 Å². The summed E-state index contributed by atoms with van der Waals surface area (Å²) < 4.78 is 47.0.